The van der Waals surface area contributed by atoms with Gasteiger partial charge in [0.25, 0.3) is 0 Å². The molecule has 22 heavy (non-hydrogen) atoms. The maximum absolute atomic E-state index is 6.15. The molecule has 1 heterocycles. The van der Waals surface area contributed by atoms with Crippen molar-refractivity contribution in [1.29, 1.82) is 0 Å². The van der Waals surface area contributed by atoms with Crippen LogP contribution in [0.4, 0.5) is 0 Å². The molecule has 3 nitrogen and oxygen atoms in total. The van der Waals surface area contributed by atoms with Crippen LogP contribution in [0, 0.1) is 6.92 Å². The third kappa shape index (κ3) is 5.65. The highest BCUT2D eigenvalue weighted by atomic mass is 35.5. The van der Waals surface area contributed by atoms with E-state index in [2.05, 4.69) is 5.32 Å². The zero-order valence-corrected chi connectivity index (χ0v) is 14.6. The molecule has 1 N–H and O–H groups in total. The molecule has 0 unspecified atom stereocenters. The second-order valence-electron chi connectivity index (χ2n) is 4.96. The summed E-state index contributed by atoms with van der Waals surface area (Å²) in [6.45, 7) is 7.23. The molecule has 0 atom stereocenters. The van der Waals surface area contributed by atoms with Gasteiger partial charge in [-0.3, -0.25) is 0 Å². The van der Waals surface area contributed by atoms with Crippen molar-refractivity contribution >= 4 is 24.0 Å². The molecule has 0 aliphatic heterocycles. The molecule has 0 saturated carbocycles. The molecule has 0 amide bonds. The SMILES string of the molecule is CCOCCCNCc1ccc(-c2ccc(C)c(Cl)c2)o1.Cl. The van der Waals surface area contributed by atoms with Crippen LogP contribution in [-0.4, -0.2) is 19.8 Å². The first kappa shape index (κ1) is 19.0. The number of benzene rings is 1. The van der Waals surface area contributed by atoms with Crippen LogP contribution in [0.25, 0.3) is 11.3 Å². The van der Waals surface area contributed by atoms with Gasteiger partial charge in [-0.2, -0.15) is 0 Å². The van der Waals surface area contributed by atoms with Crippen LogP contribution in [0.5, 0.6) is 0 Å². The lowest BCUT2D eigenvalue weighted by Gasteiger charge is -2.03. The summed E-state index contributed by atoms with van der Waals surface area (Å²) in [7, 11) is 0. The average molecular weight is 344 g/mol. The lowest BCUT2D eigenvalue weighted by molar-refractivity contribution is 0.144. The van der Waals surface area contributed by atoms with Gasteiger partial charge in [-0.1, -0.05) is 23.7 Å². The average Bonchev–Trinajstić information content (AvgIpc) is 2.94. The molecule has 0 spiro atoms. The van der Waals surface area contributed by atoms with E-state index >= 15 is 0 Å². The van der Waals surface area contributed by atoms with Gasteiger partial charge in [0.15, 0.2) is 0 Å². The van der Waals surface area contributed by atoms with Gasteiger partial charge in [0, 0.05) is 23.8 Å². The minimum absolute atomic E-state index is 0. The van der Waals surface area contributed by atoms with Crippen molar-refractivity contribution in [1.82, 2.24) is 5.32 Å². The fraction of sp³-hybridized carbons (Fsp3) is 0.412. The van der Waals surface area contributed by atoms with E-state index in [9.17, 15) is 0 Å². The van der Waals surface area contributed by atoms with Crippen molar-refractivity contribution in [3.63, 3.8) is 0 Å². The van der Waals surface area contributed by atoms with E-state index in [0.717, 1.165) is 60.4 Å². The van der Waals surface area contributed by atoms with E-state index in [1.165, 1.54) is 0 Å². The summed E-state index contributed by atoms with van der Waals surface area (Å²) in [5, 5.41) is 4.11. The Balaban J connectivity index is 0.00000242. The molecule has 0 saturated heterocycles. The van der Waals surface area contributed by atoms with Gasteiger partial charge in [-0.25, -0.2) is 0 Å². The fourth-order valence-electron chi connectivity index (χ4n) is 2.03. The van der Waals surface area contributed by atoms with Crippen LogP contribution >= 0.6 is 24.0 Å². The summed E-state index contributed by atoms with van der Waals surface area (Å²) in [4.78, 5) is 0. The topological polar surface area (TPSA) is 34.4 Å². The molecule has 2 aromatic rings. The zero-order chi connectivity index (χ0) is 15.1. The maximum atomic E-state index is 6.15. The first-order valence-electron chi connectivity index (χ1n) is 7.34. The number of ether oxygens (including phenoxy) is 1. The molecular formula is C17H23Cl2NO2. The fourth-order valence-corrected chi connectivity index (χ4v) is 2.21. The summed E-state index contributed by atoms with van der Waals surface area (Å²) in [6, 6.07) is 9.96. The number of rotatable bonds is 8. The minimum Gasteiger partial charge on any atom is -0.460 e. The van der Waals surface area contributed by atoms with Crippen LogP contribution in [0.2, 0.25) is 5.02 Å². The van der Waals surface area contributed by atoms with Gasteiger partial charge in [0.1, 0.15) is 11.5 Å². The maximum Gasteiger partial charge on any atom is 0.134 e. The van der Waals surface area contributed by atoms with Crippen molar-refractivity contribution in [2.24, 2.45) is 0 Å². The van der Waals surface area contributed by atoms with Crippen molar-refractivity contribution in [2.75, 3.05) is 19.8 Å². The Morgan fingerprint density at radius 3 is 2.77 bits per heavy atom. The highest BCUT2D eigenvalue weighted by molar-refractivity contribution is 6.31. The molecule has 1 aromatic carbocycles. The molecule has 5 heteroatoms. The van der Waals surface area contributed by atoms with Gasteiger partial charge >= 0.3 is 0 Å². The van der Waals surface area contributed by atoms with Gasteiger partial charge in [0.2, 0.25) is 0 Å². The van der Waals surface area contributed by atoms with Crippen LogP contribution in [0.15, 0.2) is 34.7 Å². The summed E-state index contributed by atoms with van der Waals surface area (Å²) in [5.41, 5.74) is 2.08. The quantitative estimate of drug-likeness (QED) is 0.696. The largest absolute Gasteiger partial charge is 0.460 e. The highest BCUT2D eigenvalue weighted by Crippen LogP contribution is 2.26. The highest BCUT2D eigenvalue weighted by Gasteiger charge is 2.06. The van der Waals surface area contributed by atoms with Gasteiger partial charge < -0.3 is 14.5 Å². The van der Waals surface area contributed by atoms with E-state index in [0.29, 0.717) is 0 Å². The van der Waals surface area contributed by atoms with E-state index < -0.39 is 0 Å². The molecule has 1 aromatic heterocycles. The van der Waals surface area contributed by atoms with Crippen molar-refractivity contribution < 1.29 is 9.15 Å². The summed E-state index contributed by atoms with van der Waals surface area (Å²) < 4.78 is 11.1. The van der Waals surface area contributed by atoms with Gasteiger partial charge in [-0.05, 0) is 50.6 Å². The van der Waals surface area contributed by atoms with Crippen LogP contribution in [-0.2, 0) is 11.3 Å². The second-order valence-corrected chi connectivity index (χ2v) is 5.36. The zero-order valence-electron chi connectivity index (χ0n) is 13.0. The van der Waals surface area contributed by atoms with Crippen molar-refractivity contribution in [3.8, 4) is 11.3 Å². The van der Waals surface area contributed by atoms with Crippen LogP contribution in [0.3, 0.4) is 0 Å². The Labute approximate surface area is 143 Å². The Morgan fingerprint density at radius 1 is 1.23 bits per heavy atom. The third-order valence-electron chi connectivity index (χ3n) is 3.26. The van der Waals surface area contributed by atoms with E-state index in [-0.39, 0.29) is 12.4 Å². The number of aryl methyl sites for hydroxylation is 1. The lowest BCUT2D eigenvalue weighted by Crippen LogP contribution is -2.15. The lowest BCUT2D eigenvalue weighted by atomic mass is 10.1. The molecule has 0 radical (unpaired) electrons. The standard InChI is InChI=1S/C17H22ClNO2.ClH/c1-3-20-10-4-9-19-12-15-7-8-17(21-15)14-6-5-13(2)16(18)11-14;/h5-8,11,19H,3-4,9-10,12H2,1-2H3;1H. The number of furan rings is 1. The predicted octanol–water partition coefficient (Wildman–Crippen LogP) is 4.85. The van der Waals surface area contributed by atoms with E-state index in [1.54, 1.807) is 0 Å². The second kappa shape index (κ2) is 9.90. The summed E-state index contributed by atoms with van der Waals surface area (Å²) in [5.74, 6) is 1.78. The molecule has 0 aliphatic carbocycles. The number of halogens is 2. The van der Waals surface area contributed by atoms with Gasteiger partial charge in [-0.15, -0.1) is 12.4 Å². The summed E-state index contributed by atoms with van der Waals surface area (Å²) >= 11 is 6.15. The molecular weight excluding hydrogens is 321 g/mol. The first-order valence-corrected chi connectivity index (χ1v) is 7.72. The smallest absolute Gasteiger partial charge is 0.134 e. The predicted molar refractivity (Wildman–Crippen MR) is 94.0 cm³/mol. The molecule has 2 rings (SSSR count). The van der Waals surface area contributed by atoms with E-state index in [1.807, 2.05) is 44.2 Å². The Bertz CT molecular complexity index is 570. The Hall–Kier alpha value is -1.000. The van der Waals surface area contributed by atoms with Crippen LogP contribution < -0.4 is 5.32 Å². The number of hydrogen-bond donors (Lipinski definition) is 1. The Kier molecular flexibility index (Phi) is 8.57. The van der Waals surface area contributed by atoms with Crippen LogP contribution in [0.1, 0.15) is 24.7 Å². The molecule has 0 bridgehead atoms. The number of hydrogen-bond acceptors (Lipinski definition) is 3. The van der Waals surface area contributed by atoms with Crippen molar-refractivity contribution in [2.45, 2.75) is 26.8 Å². The first-order chi connectivity index (χ1) is 10.2. The monoisotopic (exact) mass is 343 g/mol. The van der Waals surface area contributed by atoms with Gasteiger partial charge in [0.05, 0.1) is 6.54 Å². The minimum atomic E-state index is 0. The molecule has 122 valence electrons. The molecule has 0 fully saturated rings. The number of nitrogens with one attached hydrogen (secondary N) is 1. The summed E-state index contributed by atoms with van der Waals surface area (Å²) in [6.07, 6.45) is 1.01. The normalized spacial score (nSPS) is 10.5. The van der Waals surface area contributed by atoms with E-state index in [4.69, 9.17) is 20.8 Å². The molecule has 0 aliphatic rings. The van der Waals surface area contributed by atoms with Crippen molar-refractivity contribution in [3.05, 3.63) is 46.7 Å². The Morgan fingerprint density at radius 2 is 2.05 bits per heavy atom. The third-order valence-corrected chi connectivity index (χ3v) is 3.67.